The van der Waals surface area contributed by atoms with Gasteiger partial charge in [-0.25, -0.2) is 15.5 Å². The summed E-state index contributed by atoms with van der Waals surface area (Å²) >= 11 is 11.1. The van der Waals surface area contributed by atoms with Crippen LogP contribution in [0.2, 0.25) is 0 Å². The van der Waals surface area contributed by atoms with Gasteiger partial charge in [0.2, 0.25) is 0 Å². The molecule has 0 N–H and O–H groups in total. The van der Waals surface area contributed by atoms with E-state index in [1.165, 1.54) is 16.0 Å². The first kappa shape index (κ1) is 27.5. The molecule has 0 bridgehead atoms. The first-order valence-electron chi connectivity index (χ1n) is 7.02. The Bertz CT molecular complexity index is 839. The minimum absolute atomic E-state index is 0. The van der Waals surface area contributed by atoms with Crippen molar-refractivity contribution in [3.8, 4) is 33.6 Å². The zero-order valence-electron chi connectivity index (χ0n) is 14.1. The average molecular weight is 509 g/mol. The maximum Gasteiger partial charge on any atom is 3.00 e. The molecule has 139 valence electrons. The van der Waals surface area contributed by atoms with Crippen LogP contribution in [0.5, 0.6) is 0 Å². The maximum atomic E-state index is 7.13. The predicted octanol–water partition coefficient (Wildman–Crippen LogP) is 3.89. The second-order valence-electron chi connectivity index (χ2n) is 4.11. The van der Waals surface area contributed by atoms with Gasteiger partial charge in [0, 0.05) is 12.4 Å². The Kier molecular flexibility index (Phi) is 18.7. The summed E-state index contributed by atoms with van der Waals surface area (Å²) < 4.78 is 0. The molecule has 0 aromatic carbocycles. The van der Waals surface area contributed by atoms with Crippen LogP contribution >= 0.6 is 12.2 Å². The predicted molar refractivity (Wildman–Crippen MR) is 113 cm³/mol. The van der Waals surface area contributed by atoms with Crippen molar-refractivity contribution >= 4 is 42.6 Å². The molecule has 0 saturated heterocycles. The van der Waals surface area contributed by atoms with Gasteiger partial charge < -0.3 is 30.7 Å². The molecule has 3 rings (SSSR count). The summed E-state index contributed by atoms with van der Waals surface area (Å²) in [6.07, 6.45) is 3.54. The van der Waals surface area contributed by atoms with Crippen LogP contribution in [0.25, 0.3) is 28.2 Å². The largest absolute Gasteiger partial charge is 3.00 e. The van der Waals surface area contributed by atoms with E-state index in [2.05, 4.69) is 52.4 Å². The van der Waals surface area contributed by atoms with Crippen LogP contribution < -0.4 is 0 Å². The molecule has 6 nitrogen and oxygen atoms in total. The van der Waals surface area contributed by atoms with Gasteiger partial charge in [0.25, 0.3) is 0 Å². The molecule has 0 unspecified atom stereocenters. The van der Waals surface area contributed by atoms with E-state index < -0.39 is 0 Å². The Morgan fingerprint density at radius 2 is 1.07 bits per heavy atom. The van der Waals surface area contributed by atoms with Gasteiger partial charge in [-0.1, -0.05) is 41.2 Å². The summed E-state index contributed by atoms with van der Waals surface area (Å²) in [7, 11) is 0. The van der Waals surface area contributed by atoms with E-state index >= 15 is 0 Å². The molecule has 0 atom stereocenters. The zero-order chi connectivity index (χ0) is 20.3. The summed E-state index contributed by atoms with van der Waals surface area (Å²) in [6, 6.07) is 17.5. The van der Waals surface area contributed by atoms with Gasteiger partial charge in [-0.3, -0.25) is 9.97 Å². The fraction of sp³-hybridized carbons (Fsp3) is 0. The van der Waals surface area contributed by atoms with Gasteiger partial charge in [-0.15, -0.1) is 0 Å². The van der Waals surface area contributed by atoms with Crippen molar-refractivity contribution in [2.75, 3.05) is 0 Å². The number of pyridine rings is 3. The Balaban J connectivity index is 0. The average Bonchev–Trinajstić information content (AvgIpc) is 2.71. The molecule has 0 aliphatic carbocycles. The minimum atomic E-state index is 0. The van der Waals surface area contributed by atoms with Crippen molar-refractivity contribution < 1.29 is 19.5 Å². The van der Waals surface area contributed by atoms with Crippen LogP contribution in [-0.4, -0.2) is 20.1 Å². The number of aromatic nitrogens is 3. The first-order valence-corrected chi connectivity index (χ1v) is 8.24. The number of rotatable bonds is 2. The van der Waals surface area contributed by atoms with Crippen molar-refractivity contribution in [3.05, 3.63) is 72.4 Å². The summed E-state index contributed by atoms with van der Waals surface area (Å²) in [4.78, 5) is 13.2. The second-order valence-corrected chi connectivity index (χ2v) is 4.66. The van der Waals surface area contributed by atoms with Crippen molar-refractivity contribution in [1.29, 1.82) is 10.5 Å². The van der Waals surface area contributed by atoms with E-state index in [0.717, 1.165) is 22.8 Å². The number of thiocyanates is 2. The molecule has 1 radical (unpaired) electrons. The Morgan fingerprint density at radius 1 is 0.750 bits per heavy atom. The Morgan fingerprint density at radius 3 is 1.36 bits per heavy atom. The van der Waals surface area contributed by atoms with Crippen LogP contribution in [0.4, 0.5) is 0 Å². The van der Waals surface area contributed by atoms with Gasteiger partial charge in [0.05, 0.1) is 22.8 Å². The number of nitrogens with zero attached hydrogens (tertiary/aromatic N) is 6. The monoisotopic (exact) mass is 509 g/mol. The Labute approximate surface area is 192 Å². The molecule has 0 fully saturated rings. The smallest absolute Gasteiger partial charge is 0.753 e. The van der Waals surface area contributed by atoms with Gasteiger partial charge in [-0.2, -0.15) is 5.16 Å². The molecule has 3 aromatic rings. The quantitative estimate of drug-likeness (QED) is 0.169. The summed E-state index contributed by atoms with van der Waals surface area (Å²) in [5, 5.41) is 25.4. The summed E-state index contributed by atoms with van der Waals surface area (Å²) in [6.45, 7) is 0. The van der Waals surface area contributed by atoms with Crippen LogP contribution in [-0.2, 0) is 44.7 Å². The molecule has 28 heavy (non-hydrogen) atoms. The molecule has 0 saturated carbocycles. The fourth-order valence-electron chi connectivity index (χ4n) is 1.75. The van der Waals surface area contributed by atoms with Crippen molar-refractivity contribution in [2.24, 2.45) is 0 Å². The third-order valence-corrected chi connectivity index (χ3v) is 2.60. The number of thiocarbonyl (C=S) groups is 1. The van der Waals surface area contributed by atoms with Crippen molar-refractivity contribution in [1.82, 2.24) is 15.0 Å². The number of hydrogen-bond acceptors (Lipinski definition) is 8. The minimum Gasteiger partial charge on any atom is -0.753 e. The molecule has 0 spiro atoms. The second kappa shape index (κ2) is 19.1. The first-order chi connectivity index (χ1) is 13.2. The zero-order valence-corrected chi connectivity index (χ0v) is 18.3. The summed E-state index contributed by atoms with van der Waals surface area (Å²) in [5.74, 6) is 0. The number of isothiocyanates is 1. The molecule has 3 aromatic heterocycles. The van der Waals surface area contributed by atoms with Gasteiger partial charge in [0.15, 0.2) is 0 Å². The third-order valence-electron chi connectivity index (χ3n) is 2.60. The fourth-order valence-corrected chi connectivity index (χ4v) is 1.75. The topological polar surface area (TPSA) is 109 Å². The van der Waals surface area contributed by atoms with Crippen molar-refractivity contribution in [2.45, 2.75) is 0 Å². The molecule has 0 amide bonds. The Hall–Kier alpha value is -2.71. The van der Waals surface area contributed by atoms with Crippen LogP contribution in [0.3, 0.4) is 0 Å². The van der Waals surface area contributed by atoms with E-state index in [1.807, 2.05) is 54.6 Å². The van der Waals surface area contributed by atoms with E-state index in [4.69, 9.17) is 15.9 Å². The molecule has 0 aliphatic rings. The third kappa shape index (κ3) is 11.8. The van der Waals surface area contributed by atoms with Crippen LogP contribution in [0, 0.1) is 21.3 Å². The maximum absolute atomic E-state index is 7.13. The standard InChI is InChI=1S/C15H11N3.2CHNS.CNS.Ru/c1-3-10-16-12(6-1)14-8-5-9-15(18-14)13-7-2-4-11-17-13;3*2-1-3;/h1-11H;2*3H;;/q;;;-1;+3/p-2. The van der Waals surface area contributed by atoms with Crippen LogP contribution in [0.1, 0.15) is 0 Å². The SMILES string of the molecule is N#C[S-].N#C[S-].[N-]=C=S.[Ru+3].c1ccc(-c2cccc(-c3ccccn3)n2)nc1. The molecular formula is C18H11N6RuS3. The number of nitriles is 2. The van der Waals surface area contributed by atoms with Gasteiger partial charge in [-0.05, 0) is 36.4 Å². The molecule has 3 heterocycles. The van der Waals surface area contributed by atoms with Gasteiger partial charge >= 0.3 is 19.5 Å². The van der Waals surface area contributed by atoms with Crippen molar-refractivity contribution in [3.63, 3.8) is 0 Å². The normalized spacial score (nSPS) is 7.36. The van der Waals surface area contributed by atoms with E-state index in [0.29, 0.717) is 0 Å². The van der Waals surface area contributed by atoms with Gasteiger partial charge in [0.1, 0.15) is 0 Å². The van der Waals surface area contributed by atoms with E-state index in [1.54, 1.807) is 12.4 Å². The van der Waals surface area contributed by atoms with Crippen LogP contribution in [0.15, 0.2) is 67.0 Å². The molecular weight excluding hydrogens is 498 g/mol. The number of hydrogen-bond donors (Lipinski definition) is 0. The molecule has 0 aliphatic heterocycles. The van der Waals surface area contributed by atoms with E-state index in [-0.39, 0.29) is 19.5 Å². The van der Waals surface area contributed by atoms with E-state index in [9.17, 15) is 0 Å². The summed E-state index contributed by atoms with van der Waals surface area (Å²) in [5.41, 5.74) is 3.46. The molecule has 10 heteroatoms.